The van der Waals surface area contributed by atoms with Crippen LogP contribution in [0.5, 0.6) is 0 Å². The van der Waals surface area contributed by atoms with Crippen LogP contribution in [0.15, 0.2) is 11.6 Å². The molecule has 3 rings (SSSR count). The van der Waals surface area contributed by atoms with Gasteiger partial charge in [-0.3, -0.25) is 0 Å². The molecule has 0 amide bonds. The Kier molecular flexibility index (Phi) is 4.01. The fourth-order valence-electron chi connectivity index (χ4n) is 6.32. The summed E-state index contributed by atoms with van der Waals surface area (Å²) >= 11 is 0. The second-order valence-electron chi connectivity index (χ2n) is 9.45. The average molecular weight is 306 g/mol. The van der Waals surface area contributed by atoms with Crippen LogP contribution in [0.3, 0.4) is 0 Å². The van der Waals surface area contributed by atoms with Gasteiger partial charge in [-0.05, 0) is 61.2 Å². The molecule has 0 radical (unpaired) electrons. The summed E-state index contributed by atoms with van der Waals surface area (Å²) in [6.45, 7) is 9.49. The number of allylic oxidation sites excluding steroid dienone is 1. The number of hydrogen-bond donors (Lipinski definition) is 2. The van der Waals surface area contributed by atoms with E-state index in [2.05, 4.69) is 33.8 Å². The first-order valence-corrected chi connectivity index (χ1v) is 9.23. The van der Waals surface area contributed by atoms with Gasteiger partial charge < -0.3 is 10.2 Å². The Morgan fingerprint density at radius 1 is 1.14 bits per heavy atom. The second kappa shape index (κ2) is 5.34. The summed E-state index contributed by atoms with van der Waals surface area (Å²) in [5.74, 6) is 1.54. The van der Waals surface area contributed by atoms with Crippen molar-refractivity contribution in [2.24, 2.45) is 28.1 Å². The lowest BCUT2D eigenvalue weighted by molar-refractivity contribution is -0.0673. The van der Waals surface area contributed by atoms with E-state index in [1.165, 1.54) is 38.5 Å². The van der Waals surface area contributed by atoms with Gasteiger partial charge in [0.2, 0.25) is 0 Å². The fourth-order valence-corrected chi connectivity index (χ4v) is 6.32. The summed E-state index contributed by atoms with van der Waals surface area (Å²) in [4.78, 5) is 0. The maximum atomic E-state index is 10.2. The molecule has 0 heterocycles. The highest BCUT2D eigenvalue weighted by atomic mass is 16.3. The van der Waals surface area contributed by atoms with Crippen LogP contribution in [-0.2, 0) is 0 Å². The van der Waals surface area contributed by atoms with Crippen molar-refractivity contribution in [3.63, 3.8) is 0 Å². The van der Waals surface area contributed by atoms with Crippen LogP contribution >= 0.6 is 0 Å². The van der Waals surface area contributed by atoms with Crippen molar-refractivity contribution in [1.82, 2.24) is 0 Å². The summed E-state index contributed by atoms with van der Waals surface area (Å²) < 4.78 is 0. The Hall–Kier alpha value is -0.340. The SMILES string of the molecule is CC1(C)CCC[C@]2(C)[C@H]3CC[C@](C)([C@H](O)CO)C=C3CC[C@@H]12. The molecule has 2 heteroatoms. The number of aliphatic hydroxyl groups is 2. The lowest BCUT2D eigenvalue weighted by Gasteiger charge is -2.60. The van der Waals surface area contributed by atoms with E-state index in [0.717, 1.165) is 12.3 Å². The first-order valence-electron chi connectivity index (χ1n) is 9.23. The molecule has 2 saturated carbocycles. The van der Waals surface area contributed by atoms with E-state index in [0.29, 0.717) is 16.7 Å². The van der Waals surface area contributed by atoms with E-state index in [4.69, 9.17) is 0 Å². The van der Waals surface area contributed by atoms with Crippen molar-refractivity contribution < 1.29 is 10.2 Å². The van der Waals surface area contributed by atoms with Crippen molar-refractivity contribution >= 4 is 0 Å². The predicted octanol–water partition coefficient (Wildman–Crippen LogP) is 4.31. The number of aliphatic hydroxyl groups excluding tert-OH is 2. The third-order valence-electron chi connectivity index (χ3n) is 7.66. The number of rotatable bonds is 2. The maximum absolute atomic E-state index is 10.2. The minimum absolute atomic E-state index is 0.127. The van der Waals surface area contributed by atoms with Crippen LogP contribution in [-0.4, -0.2) is 22.9 Å². The molecule has 3 aliphatic rings. The largest absolute Gasteiger partial charge is 0.394 e. The normalized spacial score (nSPS) is 45.5. The standard InChI is InChI=1S/C20H34O2/c1-18(2)9-5-10-20(4)15-8-11-19(3,17(22)13-21)12-14(15)6-7-16(18)20/h12,15-17,21-22H,5-11,13H2,1-4H3/t15-,16-,17+,19-,20+/m0/s1. The molecule has 0 unspecified atom stereocenters. The highest BCUT2D eigenvalue weighted by Crippen LogP contribution is 2.63. The summed E-state index contributed by atoms with van der Waals surface area (Å²) in [6.07, 6.45) is 10.5. The van der Waals surface area contributed by atoms with E-state index in [1.54, 1.807) is 5.57 Å². The third kappa shape index (κ3) is 2.38. The van der Waals surface area contributed by atoms with Gasteiger partial charge in [0.15, 0.2) is 0 Å². The van der Waals surface area contributed by atoms with E-state index < -0.39 is 6.10 Å². The molecule has 22 heavy (non-hydrogen) atoms. The van der Waals surface area contributed by atoms with Crippen molar-refractivity contribution in [3.05, 3.63) is 11.6 Å². The van der Waals surface area contributed by atoms with Crippen molar-refractivity contribution in [2.45, 2.75) is 78.7 Å². The Balaban J connectivity index is 1.92. The number of fused-ring (bicyclic) bond motifs is 3. The Morgan fingerprint density at radius 3 is 2.55 bits per heavy atom. The van der Waals surface area contributed by atoms with E-state index in [9.17, 15) is 10.2 Å². The lowest BCUT2D eigenvalue weighted by atomic mass is 9.45. The van der Waals surface area contributed by atoms with Crippen molar-refractivity contribution in [2.75, 3.05) is 6.61 Å². The van der Waals surface area contributed by atoms with E-state index in [-0.39, 0.29) is 12.0 Å². The van der Waals surface area contributed by atoms with Gasteiger partial charge in [-0.15, -0.1) is 0 Å². The van der Waals surface area contributed by atoms with E-state index in [1.807, 2.05) is 0 Å². The molecule has 0 aromatic heterocycles. The van der Waals surface area contributed by atoms with Crippen LogP contribution in [0, 0.1) is 28.1 Å². The molecule has 0 spiro atoms. The zero-order valence-electron chi connectivity index (χ0n) is 14.9. The molecule has 0 bridgehead atoms. The molecular formula is C20H34O2. The molecule has 3 aliphatic carbocycles. The van der Waals surface area contributed by atoms with Gasteiger partial charge in [0, 0.05) is 5.41 Å². The van der Waals surface area contributed by atoms with Crippen LogP contribution in [0.25, 0.3) is 0 Å². The van der Waals surface area contributed by atoms with Gasteiger partial charge in [0.25, 0.3) is 0 Å². The molecule has 2 N–H and O–H groups in total. The Morgan fingerprint density at radius 2 is 1.86 bits per heavy atom. The molecule has 0 aromatic carbocycles. The highest BCUT2D eigenvalue weighted by Gasteiger charge is 2.54. The third-order valence-corrected chi connectivity index (χ3v) is 7.66. The van der Waals surface area contributed by atoms with Crippen LogP contribution in [0.1, 0.15) is 72.6 Å². The van der Waals surface area contributed by atoms with Gasteiger partial charge in [0.1, 0.15) is 0 Å². The molecule has 0 saturated heterocycles. The number of hydrogen-bond acceptors (Lipinski definition) is 2. The van der Waals surface area contributed by atoms with Gasteiger partial charge in [-0.1, -0.05) is 45.8 Å². The summed E-state index contributed by atoms with van der Waals surface area (Å²) in [5, 5.41) is 19.6. The first kappa shape index (κ1) is 16.5. The maximum Gasteiger partial charge on any atom is 0.0858 e. The van der Waals surface area contributed by atoms with Crippen LogP contribution in [0.2, 0.25) is 0 Å². The van der Waals surface area contributed by atoms with Crippen molar-refractivity contribution in [1.29, 1.82) is 0 Å². The Bertz CT molecular complexity index is 466. The van der Waals surface area contributed by atoms with Gasteiger partial charge in [0.05, 0.1) is 12.7 Å². The molecule has 0 aromatic rings. The highest BCUT2D eigenvalue weighted by molar-refractivity contribution is 5.24. The van der Waals surface area contributed by atoms with Crippen LogP contribution < -0.4 is 0 Å². The quantitative estimate of drug-likeness (QED) is 0.746. The summed E-state index contributed by atoms with van der Waals surface area (Å²) in [6, 6.07) is 0. The molecule has 0 aliphatic heterocycles. The zero-order chi connectivity index (χ0) is 16.2. The Labute approximate surface area is 136 Å². The predicted molar refractivity (Wildman–Crippen MR) is 90.5 cm³/mol. The molecule has 2 fully saturated rings. The minimum atomic E-state index is -0.616. The topological polar surface area (TPSA) is 40.5 Å². The minimum Gasteiger partial charge on any atom is -0.394 e. The summed E-state index contributed by atoms with van der Waals surface area (Å²) in [5.41, 5.74) is 2.27. The van der Waals surface area contributed by atoms with Gasteiger partial charge >= 0.3 is 0 Å². The van der Waals surface area contributed by atoms with Gasteiger partial charge in [-0.2, -0.15) is 0 Å². The summed E-state index contributed by atoms with van der Waals surface area (Å²) in [7, 11) is 0. The van der Waals surface area contributed by atoms with Crippen LogP contribution in [0.4, 0.5) is 0 Å². The molecule has 126 valence electrons. The fraction of sp³-hybridized carbons (Fsp3) is 0.900. The average Bonchev–Trinajstić information content (AvgIpc) is 2.45. The molecule has 5 atom stereocenters. The zero-order valence-corrected chi connectivity index (χ0v) is 14.9. The van der Waals surface area contributed by atoms with Gasteiger partial charge in [-0.25, -0.2) is 0 Å². The molecular weight excluding hydrogens is 272 g/mol. The second-order valence-corrected chi connectivity index (χ2v) is 9.45. The lowest BCUT2D eigenvalue weighted by Crippen LogP contribution is -2.51. The molecule has 2 nitrogen and oxygen atoms in total. The smallest absolute Gasteiger partial charge is 0.0858 e. The first-order chi connectivity index (χ1) is 10.2. The monoisotopic (exact) mass is 306 g/mol. The van der Waals surface area contributed by atoms with E-state index >= 15 is 0 Å². The van der Waals surface area contributed by atoms with Crippen molar-refractivity contribution in [3.8, 4) is 0 Å².